The predicted octanol–water partition coefficient (Wildman–Crippen LogP) is 5.22. The summed E-state index contributed by atoms with van der Waals surface area (Å²) in [5.74, 6) is -0.137. The first kappa shape index (κ1) is 19.1. The number of halogens is 1. The van der Waals surface area contributed by atoms with Gasteiger partial charge in [0.25, 0.3) is 0 Å². The van der Waals surface area contributed by atoms with Crippen LogP contribution < -0.4 is 5.32 Å². The quantitative estimate of drug-likeness (QED) is 0.687. The summed E-state index contributed by atoms with van der Waals surface area (Å²) < 4.78 is 19.9. The summed E-state index contributed by atoms with van der Waals surface area (Å²) in [4.78, 5) is 0. The second-order valence-electron chi connectivity index (χ2n) is 7.74. The molecule has 1 saturated heterocycles. The van der Waals surface area contributed by atoms with Gasteiger partial charge in [-0.25, -0.2) is 4.39 Å². The maximum Gasteiger partial charge on any atom is 0.127 e. The van der Waals surface area contributed by atoms with Gasteiger partial charge >= 0.3 is 0 Å². The fourth-order valence-electron chi connectivity index (χ4n) is 4.16. The van der Waals surface area contributed by atoms with E-state index in [1.165, 1.54) is 11.6 Å². The maximum atomic E-state index is 13.8. The van der Waals surface area contributed by atoms with E-state index in [-0.39, 0.29) is 16.8 Å². The molecule has 0 aromatic heterocycles. The van der Waals surface area contributed by atoms with E-state index < -0.39 is 0 Å². The molecule has 3 rings (SSSR count). The van der Waals surface area contributed by atoms with E-state index in [0.717, 1.165) is 44.4 Å². The second kappa shape index (κ2) is 8.32. The molecule has 0 unspecified atom stereocenters. The Balaban J connectivity index is 1.70. The van der Waals surface area contributed by atoms with Gasteiger partial charge in [0.2, 0.25) is 0 Å². The van der Waals surface area contributed by atoms with Gasteiger partial charge in [-0.2, -0.15) is 0 Å². The van der Waals surface area contributed by atoms with E-state index >= 15 is 0 Å². The van der Waals surface area contributed by atoms with Crippen molar-refractivity contribution in [2.24, 2.45) is 0 Å². The summed E-state index contributed by atoms with van der Waals surface area (Å²) in [7, 11) is 0. The molecule has 140 valence electrons. The minimum absolute atomic E-state index is 0.0698. The van der Waals surface area contributed by atoms with Crippen LogP contribution >= 0.6 is 0 Å². The second-order valence-corrected chi connectivity index (χ2v) is 7.74. The van der Waals surface area contributed by atoms with Gasteiger partial charge in [-0.1, -0.05) is 55.5 Å². The fraction of sp³-hybridized carbons (Fsp3) is 0.478. The standard InChI is InChI=1S/C23H30FNO/c1-3-22(2)18-23(14-16-26-22,20-10-5-4-6-11-20)13-15-25-17-19-9-7-8-12-21(19)24/h4-12,25H,3,13-18H2,1-2H3/t22-,23-/m0/s1. The highest BCUT2D eigenvalue weighted by molar-refractivity contribution is 5.27. The van der Waals surface area contributed by atoms with E-state index in [4.69, 9.17) is 4.74 Å². The highest BCUT2D eigenvalue weighted by Gasteiger charge is 2.42. The molecule has 0 aliphatic carbocycles. The smallest absolute Gasteiger partial charge is 0.127 e. The Kier molecular flexibility index (Phi) is 6.10. The van der Waals surface area contributed by atoms with Gasteiger partial charge in [0.15, 0.2) is 0 Å². The van der Waals surface area contributed by atoms with Crippen LogP contribution in [0.1, 0.15) is 50.7 Å². The lowest BCUT2D eigenvalue weighted by molar-refractivity contribution is -0.0979. The first-order valence-corrected chi connectivity index (χ1v) is 9.71. The zero-order valence-electron chi connectivity index (χ0n) is 15.9. The first-order chi connectivity index (χ1) is 12.6. The zero-order valence-corrected chi connectivity index (χ0v) is 15.9. The monoisotopic (exact) mass is 355 g/mol. The van der Waals surface area contributed by atoms with E-state index in [2.05, 4.69) is 49.5 Å². The number of nitrogens with one attached hydrogen (secondary N) is 1. The third kappa shape index (κ3) is 4.33. The Bertz CT molecular complexity index is 704. The van der Waals surface area contributed by atoms with Crippen molar-refractivity contribution in [1.82, 2.24) is 5.32 Å². The third-order valence-corrected chi connectivity index (χ3v) is 5.93. The highest BCUT2D eigenvalue weighted by atomic mass is 19.1. The molecule has 3 heteroatoms. The normalized spacial score (nSPS) is 26.0. The molecule has 0 amide bonds. The minimum atomic E-state index is -0.137. The van der Waals surface area contributed by atoms with Gasteiger partial charge in [0.05, 0.1) is 5.60 Å². The van der Waals surface area contributed by atoms with E-state index in [1.807, 2.05) is 12.1 Å². The number of benzene rings is 2. The third-order valence-electron chi connectivity index (χ3n) is 5.93. The van der Waals surface area contributed by atoms with Crippen molar-refractivity contribution in [2.45, 2.75) is 57.1 Å². The van der Waals surface area contributed by atoms with Crippen molar-refractivity contribution < 1.29 is 9.13 Å². The molecule has 2 nitrogen and oxygen atoms in total. The lowest BCUT2D eigenvalue weighted by atomic mass is 9.66. The molecule has 1 heterocycles. The van der Waals surface area contributed by atoms with Crippen molar-refractivity contribution in [2.75, 3.05) is 13.2 Å². The number of hydrogen-bond acceptors (Lipinski definition) is 2. The molecule has 2 aromatic carbocycles. The van der Waals surface area contributed by atoms with Crippen molar-refractivity contribution in [3.8, 4) is 0 Å². The first-order valence-electron chi connectivity index (χ1n) is 9.71. The Hall–Kier alpha value is -1.71. The van der Waals surface area contributed by atoms with E-state index in [9.17, 15) is 4.39 Å². The topological polar surface area (TPSA) is 21.3 Å². The summed E-state index contributed by atoms with van der Waals surface area (Å²) in [5, 5.41) is 3.45. The van der Waals surface area contributed by atoms with Crippen LogP contribution in [-0.4, -0.2) is 18.8 Å². The maximum absolute atomic E-state index is 13.8. The average Bonchev–Trinajstić information content (AvgIpc) is 2.67. The fourth-order valence-corrected chi connectivity index (χ4v) is 4.16. The Morgan fingerprint density at radius 1 is 1.08 bits per heavy atom. The molecule has 1 N–H and O–H groups in total. The molecular formula is C23H30FNO. The molecule has 0 bridgehead atoms. The van der Waals surface area contributed by atoms with Gasteiger partial charge in [0.1, 0.15) is 5.82 Å². The molecule has 2 aromatic rings. The summed E-state index contributed by atoms with van der Waals surface area (Å²) in [6.07, 6.45) is 4.12. The minimum Gasteiger partial charge on any atom is -0.375 e. The molecule has 1 aliphatic rings. The molecule has 0 spiro atoms. The summed E-state index contributed by atoms with van der Waals surface area (Å²) in [6.45, 7) is 6.67. The lowest BCUT2D eigenvalue weighted by Gasteiger charge is -2.47. The van der Waals surface area contributed by atoms with Crippen LogP contribution in [0.25, 0.3) is 0 Å². The Morgan fingerprint density at radius 2 is 1.81 bits per heavy atom. The molecule has 1 fully saturated rings. The van der Waals surface area contributed by atoms with Crippen LogP contribution in [-0.2, 0) is 16.7 Å². The van der Waals surface area contributed by atoms with Gasteiger partial charge in [-0.15, -0.1) is 0 Å². The number of rotatable bonds is 7. The summed E-state index contributed by atoms with van der Waals surface area (Å²) in [5.41, 5.74) is 2.17. The molecule has 26 heavy (non-hydrogen) atoms. The highest BCUT2D eigenvalue weighted by Crippen LogP contribution is 2.45. The average molecular weight is 355 g/mol. The largest absolute Gasteiger partial charge is 0.375 e. The Labute approximate surface area is 156 Å². The number of hydrogen-bond donors (Lipinski definition) is 1. The van der Waals surface area contributed by atoms with Crippen molar-refractivity contribution in [3.05, 3.63) is 71.5 Å². The lowest BCUT2D eigenvalue weighted by Crippen LogP contribution is -2.46. The molecule has 2 atom stereocenters. The summed E-state index contributed by atoms with van der Waals surface area (Å²) in [6, 6.07) is 17.8. The molecule has 1 aliphatic heterocycles. The van der Waals surface area contributed by atoms with Crippen molar-refractivity contribution in [1.29, 1.82) is 0 Å². The van der Waals surface area contributed by atoms with Crippen LogP contribution in [0, 0.1) is 5.82 Å². The number of ether oxygens (including phenoxy) is 1. The van der Waals surface area contributed by atoms with Gasteiger partial charge < -0.3 is 10.1 Å². The van der Waals surface area contributed by atoms with Crippen LogP contribution in [0.15, 0.2) is 54.6 Å². The predicted molar refractivity (Wildman–Crippen MR) is 105 cm³/mol. The van der Waals surface area contributed by atoms with Crippen molar-refractivity contribution in [3.63, 3.8) is 0 Å². The van der Waals surface area contributed by atoms with Gasteiger partial charge in [0, 0.05) is 24.1 Å². The van der Waals surface area contributed by atoms with E-state index in [0.29, 0.717) is 6.54 Å². The van der Waals surface area contributed by atoms with Gasteiger partial charge in [-0.3, -0.25) is 0 Å². The Morgan fingerprint density at radius 3 is 2.54 bits per heavy atom. The van der Waals surface area contributed by atoms with Crippen LogP contribution in [0.3, 0.4) is 0 Å². The van der Waals surface area contributed by atoms with E-state index in [1.54, 1.807) is 6.07 Å². The SMILES string of the molecule is CC[C@@]1(C)C[C@@](CCNCc2ccccc2F)(c2ccccc2)CCO1. The van der Waals surface area contributed by atoms with Crippen LogP contribution in [0.4, 0.5) is 4.39 Å². The van der Waals surface area contributed by atoms with Gasteiger partial charge in [-0.05, 0) is 50.8 Å². The van der Waals surface area contributed by atoms with Crippen molar-refractivity contribution >= 4 is 0 Å². The van der Waals surface area contributed by atoms with Crippen LogP contribution in [0.5, 0.6) is 0 Å². The zero-order chi connectivity index (χ0) is 18.5. The molecule has 0 radical (unpaired) electrons. The van der Waals surface area contributed by atoms with Crippen LogP contribution in [0.2, 0.25) is 0 Å². The molecule has 0 saturated carbocycles. The molecular weight excluding hydrogens is 325 g/mol. The summed E-state index contributed by atoms with van der Waals surface area (Å²) >= 11 is 0.